The zero-order chi connectivity index (χ0) is 16.2. The van der Waals surface area contributed by atoms with Crippen molar-refractivity contribution < 1.29 is 9.53 Å². The first-order chi connectivity index (χ1) is 10.4. The van der Waals surface area contributed by atoms with Gasteiger partial charge in [-0.05, 0) is 47.1 Å². The SMILES string of the molecule is C[C@@H](c1nccs1)N1CCCC[C@@H]1CNC(=O)OC(C)(C)C. The van der Waals surface area contributed by atoms with Gasteiger partial charge in [0.15, 0.2) is 0 Å². The lowest BCUT2D eigenvalue weighted by molar-refractivity contribution is 0.0472. The van der Waals surface area contributed by atoms with Gasteiger partial charge < -0.3 is 10.1 Å². The molecule has 1 saturated heterocycles. The van der Waals surface area contributed by atoms with Gasteiger partial charge in [0.1, 0.15) is 10.6 Å². The van der Waals surface area contributed by atoms with Crippen LogP contribution in [0, 0.1) is 0 Å². The smallest absolute Gasteiger partial charge is 0.407 e. The molecule has 0 saturated carbocycles. The maximum atomic E-state index is 11.8. The van der Waals surface area contributed by atoms with E-state index in [-0.39, 0.29) is 6.09 Å². The molecule has 0 aliphatic carbocycles. The molecule has 0 aromatic carbocycles. The summed E-state index contributed by atoms with van der Waals surface area (Å²) in [6.45, 7) is 9.52. The lowest BCUT2D eigenvalue weighted by Gasteiger charge is -2.39. The van der Waals surface area contributed by atoms with E-state index in [4.69, 9.17) is 4.74 Å². The number of ether oxygens (including phenoxy) is 1. The monoisotopic (exact) mass is 325 g/mol. The zero-order valence-electron chi connectivity index (χ0n) is 14.0. The van der Waals surface area contributed by atoms with E-state index < -0.39 is 5.60 Å². The molecule has 0 radical (unpaired) electrons. The van der Waals surface area contributed by atoms with Gasteiger partial charge in [0, 0.05) is 24.2 Å². The Bertz CT molecular complexity index is 470. The maximum Gasteiger partial charge on any atom is 0.407 e. The van der Waals surface area contributed by atoms with Crippen LogP contribution in [0.5, 0.6) is 0 Å². The van der Waals surface area contributed by atoms with E-state index in [1.54, 1.807) is 11.3 Å². The van der Waals surface area contributed by atoms with Gasteiger partial charge in [-0.2, -0.15) is 0 Å². The number of carbonyl (C=O) groups is 1. The van der Waals surface area contributed by atoms with E-state index >= 15 is 0 Å². The Morgan fingerprint density at radius 2 is 2.32 bits per heavy atom. The predicted molar refractivity (Wildman–Crippen MR) is 89.1 cm³/mol. The molecule has 6 heteroatoms. The first-order valence-electron chi connectivity index (χ1n) is 7.99. The molecule has 1 aromatic rings. The highest BCUT2D eigenvalue weighted by Gasteiger charge is 2.29. The van der Waals surface area contributed by atoms with Crippen LogP contribution in [0.15, 0.2) is 11.6 Å². The van der Waals surface area contributed by atoms with Gasteiger partial charge in [0.05, 0.1) is 6.04 Å². The molecular weight excluding hydrogens is 298 g/mol. The summed E-state index contributed by atoms with van der Waals surface area (Å²) in [5.74, 6) is 0. The van der Waals surface area contributed by atoms with Crippen molar-refractivity contribution in [2.75, 3.05) is 13.1 Å². The molecule has 1 N–H and O–H groups in total. The third-order valence-corrected chi connectivity index (χ3v) is 4.81. The van der Waals surface area contributed by atoms with Crippen LogP contribution in [0.1, 0.15) is 58.0 Å². The Morgan fingerprint density at radius 3 is 2.95 bits per heavy atom. The second-order valence-electron chi connectivity index (χ2n) is 6.82. The van der Waals surface area contributed by atoms with E-state index in [2.05, 4.69) is 22.1 Å². The van der Waals surface area contributed by atoms with Crippen LogP contribution in [0.4, 0.5) is 4.79 Å². The molecular formula is C16H27N3O2S. The summed E-state index contributed by atoms with van der Waals surface area (Å²) in [6, 6.07) is 0.644. The number of piperidine rings is 1. The number of rotatable bonds is 4. The van der Waals surface area contributed by atoms with Crippen molar-refractivity contribution in [1.29, 1.82) is 0 Å². The largest absolute Gasteiger partial charge is 0.444 e. The molecule has 5 nitrogen and oxygen atoms in total. The number of thiazole rings is 1. The van der Waals surface area contributed by atoms with Gasteiger partial charge in [-0.25, -0.2) is 9.78 Å². The minimum Gasteiger partial charge on any atom is -0.444 e. The molecule has 1 aliphatic heterocycles. The molecule has 22 heavy (non-hydrogen) atoms. The highest BCUT2D eigenvalue weighted by atomic mass is 32.1. The number of alkyl carbamates (subject to hydrolysis) is 1. The topological polar surface area (TPSA) is 54.5 Å². The third-order valence-electron chi connectivity index (χ3n) is 3.86. The molecule has 124 valence electrons. The Labute approximate surface area is 137 Å². The molecule has 2 atom stereocenters. The van der Waals surface area contributed by atoms with Crippen LogP contribution in [-0.2, 0) is 4.74 Å². The van der Waals surface area contributed by atoms with E-state index in [1.165, 1.54) is 12.8 Å². The van der Waals surface area contributed by atoms with Crippen LogP contribution in [0.25, 0.3) is 0 Å². The molecule has 0 spiro atoms. The number of amides is 1. The molecule has 1 aromatic heterocycles. The number of hydrogen-bond donors (Lipinski definition) is 1. The summed E-state index contributed by atoms with van der Waals surface area (Å²) in [4.78, 5) is 18.7. The molecule has 1 aliphatic rings. The van der Waals surface area contributed by atoms with Crippen molar-refractivity contribution in [1.82, 2.24) is 15.2 Å². The van der Waals surface area contributed by atoms with E-state index in [9.17, 15) is 4.79 Å². The van der Waals surface area contributed by atoms with E-state index in [1.807, 2.05) is 32.3 Å². The molecule has 1 amide bonds. The van der Waals surface area contributed by atoms with Crippen molar-refractivity contribution in [3.05, 3.63) is 16.6 Å². The van der Waals surface area contributed by atoms with Crippen LogP contribution < -0.4 is 5.32 Å². The number of aromatic nitrogens is 1. The van der Waals surface area contributed by atoms with Crippen molar-refractivity contribution in [3.8, 4) is 0 Å². The Hall–Kier alpha value is -1.14. The van der Waals surface area contributed by atoms with E-state index in [0.29, 0.717) is 18.6 Å². The number of nitrogens with one attached hydrogen (secondary N) is 1. The van der Waals surface area contributed by atoms with Crippen LogP contribution in [0.2, 0.25) is 0 Å². The fraction of sp³-hybridized carbons (Fsp3) is 0.750. The summed E-state index contributed by atoms with van der Waals surface area (Å²) >= 11 is 1.69. The van der Waals surface area contributed by atoms with Gasteiger partial charge >= 0.3 is 6.09 Å². The summed E-state index contributed by atoms with van der Waals surface area (Å²) < 4.78 is 5.32. The fourth-order valence-electron chi connectivity index (χ4n) is 2.85. The fourth-order valence-corrected chi connectivity index (χ4v) is 3.57. The average molecular weight is 325 g/mol. The van der Waals surface area contributed by atoms with Crippen LogP contribution >= 0.6 is 11.3 Å². The normalized spacial score (nSPS) is 21.4. The Balaban J connectivity index is 1.91. The first-order valence-corrected chi connectivity index (χ1v) is 8.87. The number of carbonyl (C=O) groups excluding carboxylic acids is 1. The minimum absolute atomic E-state index is 0.297. The van der Waals surface area contributed by atoms with Gasteiger partial charge in [-0.15, -0.1) is 11.3 Å². The first kappa shape index (κ1) is 17.2. The second-order valence-corrected chi connectivity index (χ2v) is 7.74. The second kappa shape index (κ2) is 7.42. The summed E-state index contributed by atoms with van der Waals surface area (Å²) in [5.41, 5.74) is -0.454. The van der Waals surface area contributed by atoms with Gasteiger partial charge in [0.2, 0.25) is 0 Å². The highest BCUT2D eigenvalue weighted by molar-refractivity contribution is 7.09. The molecule has 0 bridgehead atoms. The zero-order valence-corrected chi connectivity index (χ0v) is 14.8. The predicted octanol–water partition coefficient (Wildman–Crippen LogP) is 3.58. The lowest BCUT2D eigenvalue weighted by atomic mass is 10.00. The maximum absolute atomic E-state index is 11.8. The minimum atomic E-state index is -0.454. The van der Waals surface area contributed by atoms with Crippen LogP contribution in [-0.4, -0.2) is 40.7 Å². The number of likely N-dealkylation sites (tertiary alicyclic amines) is 1. The highest BCUT2D eigenvalue weighted by Crippen LogP contribution is 2.29. The Morgan fingerprint density at radius 1 is 1.55 bits per heavy atom. The van der Waals surface area contributed by atoms with Crippen molar-refractivity contribution >= 4 is 17.4 Å². The van der Waals surface area contributed by atoms with Gasteiger partial charge in [-0.1, -0.05) is 6.42 Å². The van der Waals surface area contributed by atoms with Gasteiger partial charge in [-0.3, -0.25) is 4.90 Å². The molecule has 1 fully saturated rings. The third kappa shape index (κ3) is 4.95. The van der Waals surface area contributed by atoms with Crippen LogP contribution in [0.3, 0.4) is 0 Å². The molecule has 2 heterocycles. The summed E-state index contributed by atoms with van der Waals surface area (Å²) in [5, 5.41) is 6.08. The molecule has 2 rings (SSSR count). The quantitative estimate of drug-likeness (QED) is 0.919. The number of hydrogen-bond acceptors (Lipinski definition) is 5. The molecule has 0 unspecified atom stereocenters. The van der Waals surface area contributed by atoms with Crippen molar-refractivity contribution in [2.24, 2.45) is 0 Å². The summed E-state index contributed by atoms with van der Waals surface area (Å²) in [6.07, 6.45) is 5.04. The van der Waals surface area contributed by atoms with Crippen molar-refractivity contribution in [2.45, 2.75) is 64.6 Å². The Kier molecular flexibility index (Phi) is 5.81. The van der Waals surface area contributed by atoms with E-state index in [0.717, 1.165) is 18.0 Å². The average Bonchev–Trinajstić information content (AvgIpc) is 2.97. The van der Waals surface area contributed by atoms with Gasteiger partial charge in [0.25, 0.3) is 0 Å². The standard InChI is InChI=1S/C16H27N3O2S/c1-12(14-17-8-10-22-14)19-9-6-5-7-13(19)11-18-15(20)21-16(2,3)4/h8,10,12-13H,5-7,9,11H2,1-4H3,(H,18,20)/t12-,13+/m0/s1. The van der Waals surface area contributed by atoms with Crippen molar-refractivity contribution in [3.63, 3.8) is 0 Å². The number of nitrogens with zero attached hydrogens (tertiary/aromatic N) is 2. The summed E-state index contributed by atoms with van der Waals surface area (Å²) in [7, 11) is 0. The lowest BCUT2D eigenvalue weighted by Crippen LogP contribution is -2.48.